The van der Waals surface area contributed by atoms with Gasteiger partial charge in [0, 0.05) is 0 Å². The van der Waals surface area contributed by atoms with Crippen molar-refractivity contribution in [3.8, 4) is 0 Å². The van der Waals surface area contributed by atoms with Gasteiger partial charge in [0.25, 0.3) is 0 Å². The predicted octanol–water partition coefficient (Wildman–Crippen LogP) is 8.38. The van der Waals surface area contributed by atoms with E-state index < -0.39 is 0 Å². The molecule has 22 heavy (non-hydrogen) atoms. The summed E-state index contributed by atoms with van der Waals surface area (Å²) in [5.74, 6) is 0. The van der Waals surface area contributed by atoms with Crippen LogP contribution in [0.4, 0.5) is 0 Å². The lowest BCUT2D eigenvalue weighted by Crippen LogP contribution is -1.99. The van der Waals surface area contributed by atoms with Crippen LogP contribution in [0.1, 0.15) is 118 Å². The maximum Gasteiger partial charge on any atom is -0.0277 e. The summed E-state index contributed by atoms with van der Waals surface area (Å²) in [5.41, 5.74) is 5.22. The Morgan fingerprint density at radius 1 is 0.636 bits per heavy atom. The summed E-state index contributed by atoms with van der Waals surface area (Å²) in [7, 11) is 0. The normalized spacial score (nSPS) is 13.4. The topological polar surface area (TPSA) is 0 Å². The van der Waals surface area contributed by atoms with Gasteiger partial charge in [-0.3, -0.25) is 0 Å². The Balaban J connectivity index is 5.30. The van der Waals surface area contributed by atoms with Gasteiger partial charge in [0.2, 0.25) is 0 Å². The molecule has 0 aliphatic heterocycles. The Labute approximate surface area is 141 Å². The maximum absolute atomic E-state index is 2.59. The smallest absolute Gasteiger partial charge is 0.0277 e. The van der Waals surface area contributed by atoms with Crippen LogP contribution in [0.2, 0.25) is 0 Å². The molecule has 0 aliphatic rings. The van der Waals surface area contributed by atoms with E-state index in [1.807, 2.05) is 0 Å². The van der Waals surface area contributed by atoms with Gasteiger partial charge < -0.3 is 0 Å². The minimum absolute atomic E-state index is 1.25. The van der Waals surface area contributed by atoms with Gasteiger partial charge >= 0.3 is 0 Å². The van der Waals surface area contributed by atoms with Gasteiger partial charge in [0.15, 0.2) is 0 Å². The van der Waals surface area contributed by atoms with Crippen LogP contribution in [-0.2, 0) is 0 Å². The van der Waals surface area contributed by atoms with Crippen LogP contribution < -0.4 is 0 Å². The summed E-state index contributed by atoms with van der Waals surface area (Å²) in [6, 6.07) is 0. The van der Waals surface area contributed by atoms with Crippen LogP contribution in [0, 0.1) is 0 Å². The van der Waals surface area contributed by atoms with Crippen LogP contribution >= 0.6 is 0 Å². The summed E-state index contributed by atoms with van der Waals surface area (Å²) < 4.78 is 0. The van der Waals surface area contributed by atoms with Crippen LogP contribution in [0.25, 0.3) is 0 Å². The molecule has 0 radical (unpaired) electrons. The van der Waals surface area contributed by atoms with Crippen molar-refractivity contribution >= 4 is 0 Å². The zero-order valence-electron chi connectivity index (χ0n) is 16.3. The molecule has 0 fully saturated rings. The molecule has 0 heteroatoms. The Hall–Kier alpha value is -0.520. The van der Waals surface area contributed by atoms with Crippen molar-refractivity contribution in [2.75, 3.05) is 0 Å². The van der Waals surface area contributed by atoms with Crippen LogP contribution in [0.15, 0.2) is 22.8 Å². The van der Waals surface area contributed by atoms with Crippen molar-refractivity contribution in [2.24, 2.45) is 0 Å². The largest absolute Gasteiger partial charge is 0.0810 e. The fraction of sp³-hybridized carbons (Fsp3) is 0.818. The fourth-order valence-electron chi connectivity index (χ4n) is 3.07. The standard InChI is InChI=1S/C22H42/c1-6-11-15-18-21(17-13-8-3)22(19-14-9-4)20(10-5)16-12-7-2/h18H,6-17,19H2,1-5H3/b21-18+,22-20+. The molecule has 0 nitrogen and oxygen atoms in total. The molecule has 0 N–H and O–H groups in total. The Morgan fingerprint density at radius 3 is 1.73 bits per heavy atom. The van der Waals surface area contributed by atoms with Crippen LogP contribution in [-0.4, -0.2) is 0 Å². The number of allylic oxidation sites excluding steroid dienone is 4. The third kappa shape index (κ3) is 9.49. The lowest BCUT2D eigenvalue weighted by atomic mass is 9.87. The Morgan fingerprint density at radius 2 is 1.18 bits per heavy atom. The van der Waals surface area contributed by atoms with E-state index >= 15 is 0 Å². The molecule has 0 unspecified atom stereocenters. The first kappa shape index (κ1) is 21.5. The number of rotatable bonds is 14. The second-order valence-corrected chi connectivity index (χ2v) is 6.62. The SMILES string of the molecule is CCCC/C=C(CCCC)/C(CCCC)=C(\CC)CCCC. The maximum atomic E-state index is 2.59. The molecule has 0 aromatic carbocycles. The Kier molecular flexibility index (Phi) is 15.0. The molecule has 0 rings (SSSR count). The third-order valence-electron chi connectivity index (χ3n) is 4.60. The highest BCUT2D eigenvalue weighted by Crippen LogP contribution is 2.30. The van der Waals surface area contributed by atoms with E-state index in [1.54, 1.807) is 16.7 Å². The first-order valence-corrected chi connectivity index (χ1v) is 10.1. The molecule has 0 saturated carbocycles. The quantitative estimate of drug-likeness (QED) is 0.223. The van der Waals surface area contributed by atoms with Crippen LogP contribution in [0.3, 0.4) is 0 Å². The highest BCUT2D eigenvalue weighted by molar-refractivity contribution is 5.35. The van der Waals surface area contributed by atoms with Crippen molar-refractivity contribution in [3.05, 3.63) is 22.8 Å². The highest BCUT2D eigenvalue weighted by atomic mass is 14.2. The van der Waals surface area contributed by atoms with Crippen molar-refractivity contribution in [3.63, 3.8) is 0 Å². The summed E-state index contributed by atoms with van der Waals surface area (Å²) in [6.45, 7) is 11.6. The van der Waals surface area contributed by atoms with Gasteiger partial charge in [-0.15, -0.1) is 0 Å². The minimum Gasteiger partial charge on any atom is -0.0810 e. The van der Waals surface area contributed by atoms with E-state index in [-0.39, 0.29) is 0 Å². The Bertz CT molecular complexity index is 306. The van der Waals surface area contributed by atoms with E-state index in [1.165, 1.54) is 83.5 Å². The summed E-state index contributed by atoms with van der Waals surface area (Å²) in [5, 5.41) is 0. The average Bonchev–Trinajstić information content (AvgIpc) is 2.54. The van der Waals surface area contributed by atoms with Gasteiger partial charge in [-0.1, -0.05) is 78.4 Å². The minimum atomic E-state index is 1.25. The molecule has 0 spiro atoms. The van der Waals surface area contributed by atoms with Crippen molar-refractivity contribution in [1.29, 1.82) is 0 Å². The van der Waals surface area contributed by atoms with Gasteiger partial charge in [0.1, 0.15) is 0 Å². The van der Waals surface area contributed by atoms with E-state index in [0.717, 1.165) is 0 Å². The molecular formula is C22H42. The zero-order valence-corrected chi connectivity index (χ0v) is 16.3. The van der Waals surface area contributed by atoms with Crippen molar-refractivity contribution < 1.29 is 0 Å². The molecule has 0 atom stereocenters. The number of hydrogen-bond acceptors (Lipinski definition) is 0. The van der Waals surface area contributed by atoms with Gasteiger partial charge in [-0.2, -0.15) is 0 Å². The van der Waals surface area contributed by atoms with Gasteiger partial charge in [0.05, 0.1) is 0 Å². The molecule has 0 amide bonds. The summed E-state index contributed by atoms with van der Waals surface area (Å²) >= 11 is 0. The third-order valence-corrected chi connectivity index (χ3v) is 4.60. The lowest BCUT2D eigenvalue weighted by Gasteiger charge is -2.18. The van der Waals surface area contributed by atoms with E-state index in [9.17, 15) is 0 Å². The second-order valence-electron chi connectivity index (χ2n) is 6.62. The molecule has 130 valence electrons. The number of unbranched alkanes of at least 4 members (excludes halogenated alkanes) is 5. The molecule has 0 aliphatic carbocycles. The zero-order chi connectivity index (χ0) is 16.6. The van der Waals surface area contributed by atoms with Gasteiger partial charge in [-0.05, 0) is 62.5 Å². The van der Waals surface area contributed by atoms with Crippen molar-refractivity contribution in [1.82, 2.24) is 0 Å². The van der Waals surface area contributed by atoms with E-state index in [4.69, 9.17) is 0 Å². The molecule has 0 aromatic rings. The van der Waals surface area contributed by atoms with Crippen LogP contribution in [0.5, 0.6) is 0 Å². The molecular weight excluding hydrogens is 264 g/mol. The molecule has 0 bridgehead atoms. The fourth-order valence-corrected chi connectivity index (χ4v) is 3.07. The highest BCUT2D eigenvalue weighted by Gasteiger charge is 2.10. The summed E-state index contributed by atoms with van der Waals surface area (Å²) in [6.07, 6.45) is 19.7. The average molecular weight is 307 g/mol. The van der Waals surface area contributed by atoms with E-state index in [2.05, 4.69) is 40.7 Å². The second kappa shape index (κ2) is 15.4. The van der Waals surface area contributed by atoms with Crippen molar-refractivity contribution in [2.45, 2.75) is 118 Å². The summed E-state index contributed by atoms with van der Waals surface area (Å²) in [4.78, 5) is 0. The molecule has 0 heterocycles. The lowest BCUT2D eigenvalue weighted by molar-refractivity contribution is 0.709. The number of hydrogen-bond donors (Lipinski definition) is 0. The van der Waals surface area contributed by atoms with Gasteiger partial charge in [-0.25, -0.2) is 0 Å². The van der Waals surface area contributed by atoms with E-state index in [0.29, 0.717) is 0 Å². The predicted molar refractivity (Wildman–Crippen MR) is 104 cm³/mol. The molecule has 0 saturated heterocycles. The molecule has 0 aromatic heterocycles. The monoisotopic (exact) mass is 306 g/mol. The first-order valence-electron chi connectivity index (χ1n) is 10.1. The first-order chi connectivity index (χ1) is 10.7.